The van der Waals surface area contributed by atoms with E-state index >= 15 is 0 Å². The smallest absolute Gasteiger partial charge is 0.184 e. The van der Waals surface area contributed by atoms with Crippen molar-refractivity contribution in [3.05, 3.63) is 59.7 Å². The van der Waals surface area contributed by atoms with Crippen molar-refractivity contribution in [1.29, 1.82) is 0 Å². The van der Waals surface area contributed by atoms with Gasteiger partial charge in [-0.2, -0.15) is 0 Å². The van der Waals surface area contributed by atoms with Gasteiger partial charge in [0.05, 0.1) is 10.2 Å². The second-order valence-electron chi connectivity index (χ2n) is 5.57. The van der Waals surface area contributed by atoms with Gasteiger partial charge >= 0.3 is 0 Å². The van der Waals surface area contributed by atoms with Crippen LogP contribution in [0.25, 0.3) is 10.2 Å². The van der Waals surface area contributed by atoms with E-state index in [1.807, 2.05) is 6.07 Å². The summed E-state index contributed by atoms with van der Waals surface area (Å²) in [4.78, 5) is 7.09. The molecule has 4 heteroatoms. The molecule has 0 spiro atoms. The molecule has 1 N–H and O–H groups in total. The van der Waals surface area contributed by atoms with Crippen LogP contribution in [0.3, 0.4) is 0 Å². The molecule has 0 bridgehead atoms. The standard InChI is InChI=1S/C19H23N3S/c1-3-22(4-2)14-16-10-6-5-9-15(16)13-20-19-21-17-11-7-8-12-18(17)23-19/h5-12H,3-4,13-14H2,1-2H3,(H,20,21). The number of nitrogens with one attached hydrogen (secondary N) is 1. The van der Waals surface area contributed by atoms with Gasteiger partial charge in [-0.25, -0.2) is 4.98 Å². The van der Waals surface area contributed by atoms with Crippen LogP contribution in [0.4, 0.5) is 5.13 Å². The summed E-state index contributed by atoms with van der Waals surface area (Å²) in [5, 5.41) is 4.48. The summed E-state index contributed by atoms with van der Waals surface area (Å²) in [7, 11) is 0. The number of thiazole rings is 1. The zero-order valence-corrected chi connectivity index (χ0v) is 14.6. The normalized spacial score (nSPS) is 11.3. The first-order chi connectivity index (χ1) is 11.3. The molecule has 23 heavy (non-hydrogen) atoms. The Balaban J connectivity index is 1.72. The molecule has 0 amide bonds. The summed E-state index contributed by atoms with van der Waals surface area (Å²) in [6.07, 6.45) is 0. The average Bonchev–Trinajstić information content (AvgIpc) is 3.01. The molecule has 0 fully saturated rings. The first-order valence-electron chi connectivity index (χ1n) is 8.18. The van der Waals surface area contributed by atoms with E-state index in [9.17, 15) is 0 Å². The van der Waals surface area contributed by atoms with Crippen LogP contribution in [-0.2, 0) is 13.1 Å². The highest BCUT2D eigenvalue weighted by molar-refractivity contribution is 7.22. The van der Waals surface area contributed by atoms with E-state index in [0.717, 1.165) is 36.8 Å². The van der Waals surface area contributed by atoms with Crippen molar-refractivity contribution >= 4 is 26.7 Å². The predicted octanol–water partition coefficient (Wildman–Crippen LogP) is 4.75. The molecule has 0 atom stereocenters. The molecule has 0 aliphatic carbocycles. The molecule has 2 aromatic carbocycles. The Bertz CT molecular complexity index is 729. The molecule has 0 aliphatic heterocycles. The van der Waals surface area contributed by atoms with Crippen LogP contribution >= 0.6 is 11.3 Å². The average molecular weight is 325 g/mol. The summed E-state index contributed by atoms with van der Waals surface area (Å²) in [5.41, 5.74) is 3.81. The van der Waals surface area contributed by atoms with Crippen LogP contribution in [0.2, 0.25) is 0 Å². The van der Waals surface area contributed by atoms with Gasteiger partial charge in [-0.1, -0.05) is 61.6 Å². The van der Waals surface area contributed by atoms with Gasteiger partial charge in [0.15, 0.2) is 5.13 Å². The van der Waals surface area contributed by atoms with E-state index in [2.05, 4.69) is 71.5 Å². The fraction of sp³-hybridized carbons (Fsp3) is 0.316. The highest BCUT2D eigenvalue weighted by atomic mass is 32.1. The first-order valence-corrected chi connectivity index (χ1v) is 9.00. The Hall–Kier alpha value is -1.91. The van der Waals surface area contributed by atoms with Gasteiger partial charge in [-0.05, 0) is 36.3 Å². The van der Waals surface area contributed by atoms with Crippen molar-refractivity contribution in [3.63, 3.8) is 0 Å². The highest BCUT2D eigenvalue weighted by Crippen LogP contribution is 2.26. The number of nitrogens with zero attached hydrogens (tertiary/aromatic N) is 2. The van der Waals surface area contributed by atoms with Crippen molar-refractivity contribution in [2.75, 3.05) is 18.4 Å². The number of anilines is 1. The van der Waals surface area contributed by atoms with Gasteiger partial charge < -0.3 is 5.32 Å². The second-order valence-corrected chi connectivity index (χ2v) is 6.60. The zero-order valence-electron chi connectivity index (χ0n) is 13.7. The monoisotopic (exact) mass is 325 g/mol. The first kappa shape index (κ1) is 16.0. The maximum atomic E-state index is 4.65. The predicted molar refractivity (Wildman–Crippen MR) is 100 cm³/mol. The second kappa shape index (κ2) is 7.57. The SMILES string of the molecule is CCN(CC)Cc1ccccc1CNc1nc2ccccc2s1. The lowest BCUT2D eigenvalue weighted by Crippen LogP contribution is -2.23. The minimum absolute atomic E-state index is 0.817. The lowest BCUT2D eigenvalue weighted by molar-refractivity contribution is 0.295. The molecule has 120 valence electrons. The fourth-order valence-electron chi connectivity index (χ4n) is 2.69. The quantitative estimate of drug-likeness (QED) is 0.679. The Morgan fingerprint density at radius 3 is 2.39 bits per heavy atom. The number of fused-ring (bicyclic) bond motifs is 1. The van der Waals surface area contributed by atoms with E-state index in [1.165, 1.54) is 15.8 Å². The molecule has 0 radical (unpaired) electrons. The molecule has 3 aromatic rings. The van der Waals surface area contributed by atoms with Crippen molar-refractivity contribution < 1.29 is 0 Å². The zero-order chi connectivity index (χ0) is 16.1. The summed E-state index contributed by atoms with van der Waals surface area (Å²) < 4.78 is 1.23. The molecule has 3 rings (SSSR count). The summed E-state index contributed by atoms with van der Waals surface area (Å²) in [5.74, 6) is 0. The van der Waals surface area contributed by atoms with Crippen molar-refractivity contribution in [2.45, 2.75) is 26.9 Å². The number of para-hydroxylation sites is 1. The van der Waals surface area contributed by atoms with Gasteiger partial charge in [0.1, 0.15) is 0 Å². The minimum atomic E-state index is 0.817. The molecule has 0 unspecified atom stereocenters. The van der Waals surface area contributed by atoms with Crippen LogP contribution < -0.4 is 5.32 Å². The van der Waals surface area contributed by atoms with Crippen molar-refractivity contribution in [2.24, 2.45) is 0 Å². The molecule has 0 saturated heterocycles. The number of benzene rings is 2. The van der Waals surface area contributed by atoms with Gasteiger partial charge in [0, 0.05) is 13.1 Å². The minimum Gasteiger partial charge on any atom is -0.357 e. The molecule has 0 aliphatic rings. The number of aromatic nitrogens is 1. The van der Waals surface area contributed by atoms with E-state index in [4.69, 9.17) is 0 Å². The maximum Gasteiger partial charge on any atom is 0.184 e. The molecular weight excluding hydrogens is 302 g/mol. The largest absolute Gasteiger partial charge is 0.357 e. The molecule has 1 aromatic heterocycles. The van der Waals surface area contributed by atoms with Crippen LogP contribution in [-0.4, -0.2) is 23.0 Å². The van der Waals surface area contributed by atoms with Crippen LogP contribution in [0.1, 0.15) is 25.0 Å². The third-order valence-electron chi connectivity index (χ3n) is 4.13. The van der Waals surface area contributed by atoms with E-state index in [-0.39, 0.29) is 0 Å². The fourth-order valence-corrected chi connectivity index (χ4v) is 3.55. The Morgan fingerprint density at radius 2 is 1.65 bits per heavy atom. The van der Waals surface area contributed by atoms with Gasteiger partial charge in [-0.3, -0.25) is 4.90 Å². The number of hydrogen-bond acceptors (Lipinski definition) is 4. The lowest BCUT2D eigenvalue weighted by Gasteiger charge is -2.20. The van der Waals surface area contributed by atoms with Crippen LogP contribution in [0, 0.1) is 0 Å². The van der Waals surface area contributed by atoms with Crippen LogP contribution in [0.5, 0.6) is 0 Å². The molecule has 3 nitrogen and oxygen atoms in total. The number of rotatable bonds is 7. The van der Waals surface area contributed by atoms with Gasteiger partial charge in [0.25, 0.3) is 0 Å². The molecule has 1 heterocycles. The third kappa shape index (κ3) is 3.89. The van der Waals surface area contributed by atoms with E-state index in [1.54, 1.807) is 11.3 Å². The highest BCUT2D eigenvalue weighted by Gasteiger charge is 2.07. The third-order valence-corrected chi connectivity index (χ3v) is 5.12. The Labute approximate surface area is 142 Å². The summed E-state index contributed by atoms with van der Waals surface area (Å²) in [6, 6.07) is 16.9. The Morgan fingerprint density at radius 1 is 0.957 bits per heavy atom. The summed E-state index contributed by atoms with van der Waals surface area (Å²) in [6.45, 7) is 8.41. The van der Waals surface area contributed by atoms with Crippen molar-refractivity contribution in [3.8, 4) is 0 Å². The van der Waals surface area contributed by atoms with Gasteiger partial charge in [-0.15, -0.1) is 0 Å². The summed E-state index contributed by atoms with van der Waals surface area (Å²) >= 11 is 1.71. The van der Waals surface area contributed by atoms with Gasteiger partial charge in [0.2, 0.25) is 0 Å². The van der Waals surface area contributed by atoms with Crippen molar-refractivity contribution in [1.82, 2.24) is 9.88 Å². The maximum absolute atomic E-state index is 4.65. The Kier molecular flexibility index (Phi) is 5.26. The number of hydrogen-bond donors (Lipinski definition) is 1. The van der Waals surface area contributed by atoms with Crippen LogP contribution in [0.15, 0.2) is 48.5 Å². The lowest BCUT2D eigenvalue weighted by atomic mass is 10.1. The van der Waals surface area contributed by atoms with E-state index in [0.29, 0.717) is 0 Å². The van der Waals surface area contributed by atoms with E-state index < -0.39 is 0 Å². The molecule has 0 saturated carbocycles. The molecular formula is C19H23N3S. The topological polar surface area (TPSA) is 28.2 Å².